The van der Waals surface area contributed by atoms with Crippen LogP contribution in [-0.2, 0) is 4.74 Å². The largest absolute Gasteiger partial charge is 0.483 e. The molecule has 96 valence electrons. The molecule has 1 fully saturated rings. The van der Waals surface area contributed by atoms with E-state index in [2.05, 4.69) is 5.32 Å². The van der Waals surface area contributed by atoms with Gasteiger partial charge in [0.2, 0.25) is 0 Å². The number of ether oxygens (including phenoxy) is 2. The molecule has 0 aromatic heterocycles. The fourth-order valence-electron chi connectivity index (χ4n) is 1.43. The highest BCUT2D eigenvalue weighted by Gasteiger charge is 2.22. The van der Waals surface area contributed by atoms with Crippen molar-refractivity contribution >= 4 is 17.7 Å². The third-order valence-corrected chi connectivity index (χ3v) is 2.37. The molecule has 0 atom stereocenters. The zero-order chi connectivity index (χ0) is 13.1. The van der Waals surface area contributed by atoms with Crippen LogP contribution in [0.3, 0.4) is 0 Å². The third-order valence-electron chi connectivity index (χ3n) is 2.37. The van der Waals surface area contributed by atoms with Crippen molar-refractivity contribution in [3.8, 4) is 5.75 Å². The highest BCUT2D eigenvalue weighted by atomic mass is 16.6. The van der Waals surface area contributed by atoms with Gasteiger partial charge in [-0.3, -0.25) is 5.32 Å². The lowest BCUT2D eigenvalue weighted by Crippen LogP contribution is -2.38. The van der Waals surface area contributed by atoms with Crippen LogP contribution in [-0.4, -0.2) is 41.6 Å². The molecule has 1 amide bonds. The smallest absolute Gasteiger partial charge is 0.409 e. The first-order chi connectivity index (χ1) is 8.56. The SMILES string of the molecule is O=C(O)Nc1ccc(C(=O)O)cc1OC1COC1. The molecule has 1 aromatic carbocycles. The lowest BCUT2D eigenvalue weighted by Gasteiger charge is -2.27. The topological polar surface area (TPSA) is 105 Å². The maximum atomic E-state index is 10.8. The predicted octanol–water partition coefficient (Wildman–Crippen LogP) is 1.25. The quantitative estimate of drug-likeness (QED) is 0.745. The van der Waals surface area contributed by atoms with Gasteiger partial charge >= 0.3 is 12.1 Å². The average molecular weight is 253 g/mol. The molecule has 1 aliphatic heterocycles. The zero-order valence-corrected chi connectivity index (χ0v) is 9.25. The molecule has 3 N–H and O–H groups in total. The summed E-state index contributed by atoms with van der Waals surface area (Å²) in [4.78, 5) is 21.4. The van der Waals surface area contributed by atoms with Crippen molar-refractivity contribution in [2.45, 2.75) is 6.10 Å². The zero-order valence-electron chi connectivity index (χ0n) is 9.25. The Morgan fingerprint density at radius 3 is 2.56 bits per heavy atom. The second-order valence-electron chi connectivity index (χ2n) is 3.72. The number of rotatable bonds is 4. The number of carboxylic acids is 1. The Bertz CT molecular complexity index is 482. The first-order valence-corrected chi connectivity index (χ1v) is 5.18. The fraction of sp³-hybridized carbons (Fsp3) is 0.273. The number of carbonyl (C=O) groups is 2. The van der Waals surface area contributed by atoms with E-state index in [1.807, 2.05) is 0 Å². The second kappa shape index (κ2) is 4.92. The van der Waals surface area contributed by atoms with Crippen molar-refractivity contribution in [2.24, 2.45) is 0 Å². The molecule has 7 nitrogen and oxygen atoms in total. The minimum absolute atomic E-state index is 0.0289. The molecule has 0 aliphatic carbocycles. The van der Waals surface area contributed by atoms with E-state index < -0.39 is 12.1 Å². The van der Waals surface area contributed by atoms with E-state index in [1.165, 1.54) is 18.2 Å². The standard InChI is InChI=1S/C11H11NO6/c13-10(14)6-1-2-8(12-11(15)16)9(3-6)18-7-4-17-5-7/h1-3,7,12H,4-5H2,(H,13,14)(H,15,16). The van der Waals surface area contributed by atoms with E-state index in [4.69, 9.17) is 19.7 Å². The van der Waals surface area contributed by atoms with Crippen LogP contribution >= 0.6 is 0 Å². The summed E-state index contributed by atoms with van der Waals surface area (Å²) < 4.78 is 10.4. The number of amides is 1. The first kappa shape index (κ1) is 12.2. The summed E-state index contributed by atoms with van der Waals surface area (Å²) in [7, 11) is 0. The van der Waals surface area contributed by atoms with E-state index in [1.54, 1.807) is 0 Å². The molecule has 1 heterocycles. The van der Waals surface area contributed by atoms with Crippen molar-refractivity contribution in [3.05, 3.63) is 23.8 Å². The van der Waals surface area contributed by atoms with Gasteiger partial charge in [0.25, 0.3) is 0 Å². The van der Waals surface area contributed by atoms with Crippen molar-refractivity contribution < 1.29 is 29.3 Å². The highest BCUT2D eigenvalue weighted by molar-refractivity contribution is 5.91. The number of hydrogen-bond donors (Lipinski definition) is 3. The van der Waals surface area contributed by atoms with Gasteiger partial charge in [-0.05, 0) is 18.2 Å². The van der Waals surface area contributed by atoms with Crippen molar-refractivity contribution in [3.63, 3.8) is 0 Å². The van der Waals surface area contributed by atoms with Gasteiger partial charge in [0, 0.05) is 0 Å². The monoisotopic (exact) mass is 253 g/mol. The van der Waals surface area contributed by atoms with Gasteiger partial charge < -0.3 is 19.7 Å². The van der Waals surface area contributed by atoms with Gasteiger partial charge in [-0.1, -0.05) is 0 Å². The molecule has 1 saturated heterocycles. The maximum Gasteiger partial charge on any atom is 0.409 e. The van der Waals surface area contributed by atoms with Gasteiger partial charge in [0.1, 0.15) is 11.9 Å². The molecule has 1 aromatic rings. The van der Waals surface area contributed by atoms with Gasteiger partial charge in [-0.15, -0.1) is 0 Å². The number of nitrogens with one attached hydrogen (secondary N) is 1. The molecule has 1 aliphatic rings. The summed E-state index contributed by atoms with van der Waals surface area (Å²) in [6.45, 7) is 0.813. The molecule has 0 spiro atoms. The summed E-state index contributed by atoms with van der Waals surface area (Å²) in [6, 6.07) is 3.94. The summed E-state index contributed by atoms with van der Waals surface area (Å²) in [5.74, 6) is -0.919. The Hall–Kier alpha value is -2.28. The summed E-state index contributed by atoms with van der Waals surface area (Å²) in [5.41, 5.74) is 0.237. The Kier molecular flexibility index (Phi) is 3.33. The van der Waals surface area contributed by atoms with Crippen molar-refractivity contribution in [1.29, 1.82) is 0 Å². The summed E-state index contributed by atoms with van der Waals surface area (Å²) in [6.07, 6.45) is -1.42. The van der Waals surface area contributed by atoms with Gasteiger partial charge in [-0.2, -0.15) is 0 Å². The lowest BCUT2D eigenvalue weighted by molar-refractivity contribution is -0.0794. The van der Waals surface area contributed by atoms with E-state index in [-0.39, 0.29) is 23.1 Å². The Labute approximate surface area is 102 Å². The number of carboxylic acid groups (broad SMARTS) is 2. The Balaban J connectivity index is 2.25. The first-order valence-electron chi connectivity index (χ1n) is 5.18. The van der Waals surface area contributed by atoms with E-state index in [0.29, 0.717) is 13.2 Å². The van der Waals surface area contributed by atoms with E-state index in [0.717, 1.165) is 0 Å². The molecule has 18 heavy (non-hydrogen) atoms. The van der Waals surface area contributed by atoms with E-state index >= 15 is 0 Å². The highest BCUT2D eigenvalue weighted by Crippen LogP contribution is 2.28. The number of hydrogen-bond acceptors (Lipinski definition) is 4. The minimum atomic E-state index is -1.24. The normalized spacial score (nSPS) is 14.7. The van der Waals surface area contributed by atoms with Crippen LogP contribution in [0.5, 0.6) is 5.75 Å². The minimum Gasteiger partial charge on any atom is -0.483 e. The molecule has 2 rings (SSSR count). The Morgan fingerprint density at radius 1 is 1.33 bits per heavy atom. The molecule has 0 radical (unpaired) electrons. The third kappa shape index (κ3) is 2.69. The van der Waals surface area contributed by atoms with Crippen LogP contribution in [0.1, 0.15) is 10.4 Å². The molecule has 0 bridgehead atoms. The van der Waals surface area contributed by atoms with Crippen LogP contribution in [0.25, 0.3) is 0 Å². The molecular weight excluding hydrogens is 242 g/mol. The summed E-state index contributed by atoms with van der Waals surface area (Å²) >= 11 is 0. The number of benzene rings is 1. The van der Waals surface area contributed by atoms with Crippen LogP contribution < -0.4 is 10.1 Å². The van der Waals surface area contributed by atoms with Crippen LogP contribution in [0.4, 0.5) is 10.5 Å². The molecule has 7 heteroatoms. The van der Waals surface area contributed by atoms with Gasteiger partial charge in [0.05, 0.1) is 24.5 Å². The maximum absolute atomic E-state index is 10.8. The van der Waals surface area contributed by atoms with Crippen LogP contribution in [0.15, 0.2) is 18.2 Å². The fourth-order valence-corrected chi connectivity index (χ4v) is 1.43. The lowest BCUT2D eigenvalue weighted by atomic mass is 10.2. The summed E-state index contributed by atoms with van der Waals surface area (Å²) in [5, 5.41) is 19.7. The van der Waals surface area contributed by atoms with Crippen LogP contribution in [0.2, 0.25) is 0 Å². The molecule has 0 unspecified atom stereocenters. The molecular formula is C11H11NO6. The average Bonchev–Trinajstić information content (AvgIpc) is 2.24. The van der Waals surface area contributed by atoms with Crippen molar-refractivity contribution in [2.75, 3.05) is 18.5 Å². The van der Waals surface area contributed by atoms with Crippen molar-refractivity contribution in [1.82, 2.24) is 0 Å². The van der Waals surface area contributed by atoms with E-state index in [9.17, 15) is 9.59 Å². The molecule has 0 saturated carbocycles. The van der Waals surface area contributed by atoms with Crippen LogP contribution in [0, 0.1) is 0 Å². The second-order valence-corrected chi connectivity index (χ2v) is 3.72. The van der Waals surface area contributed by atoms with Gasteiger partial charge in [0.15, 0.2) is 0 Å². The Morgan fingerprint density at radius 2 is 2.06 bits per heavy atom. The van der Waals surface area contributed by atoms with Gasteiger partial charge in [-0.25, -0.2) is 9.59 Å². The number of anilines is 1. The predicted molar refractivity (Wildman–Crippen MR) is 60.3 cm³/mol. The number of aromatic carboxylic acids is 1.